The lowest BCUT2D eigenvalue weighted by Crippen LogP contribution is -2.70. The van der Waals surface area contributed by atoms with Gasteiger partial charge in [0.15, 0.2) is 11.9 Å². The number of carbonyl (C=O) groups excluding carboxylic acids is 1. The summed E-state index contributed by atoms with van der Waals surface area (Å²) in [5, 5.41) is 8.76. The molecule has 8 nitrogen and oxygen atoms in total. The number of ether oxygens (including phenoxy) is 3. The van der Waals surface area contributed by atoms with Crippen LogP contribution in [0.2, 0.25) is 0 Å². The van der Waals surface area contributed by atoms with E-state index in [2.05, 4.69) is 6.92 Å². The monoisotopic (exact) mass is 384 g/mol. The van der Waals surface area contributed by atoms with E-state index in [0.717, 1.165) is 19.3 Å². The average Bonchev–Trinajstić information content (AvgIpc) is 2.84. The van der Waals surface area contributed by atoms with E-state index in [-0.39, 0.29) is 30.6 Å². The van der Waals surface area contributed by atoms with E-state index >= 15 is 0 Å². The number of esters is 1. The van der Waals surface area contributed by atoms with E-state index in [1.807, 2.05) is 13.8 Å². The van der Waals surface area contributed by atoms with Crippen LogP contribution in [0.4, 0.5) is 0 Å². The summed E-state index contributed by atoms with van der Waals surface area (Å²) < 4.78 is 17.8. The van der Waals surface area contributed by atoms with Gasteiger partial charge in [0, 0.05) is 18.3 Å². The van der Waals surface area contributed by atoms with Gasteiger partial charge in [0.05, 0.1) is 12.8 Å². The highest BCUT2D eigenvalue weighted by Crippen LogP contribution is 2.60. The Balaban J connectivity index is 1.58. The van der Waals surface area contributed by atoms with Crippen LogP contribution in [0.3, 0.4) is 0 Å². The van der Waals surface area contributed by atoms with Crippen LogP contribution in [0.1, 0.15) is 59.3 Å². The zero-order valence-corrected chi connectivity index (χ0v) is 16.0. The average molecular weight is 384 g/mol. The molecule has 2 bridgehead atoms. The summed E-state index contributed by atoms with van der Waals surface area (Å²) >= 11 is 0. The molecule has 4 saturated heterocycles. The number of hydrogen-bond acceptors (Lipinski definition) is 7. The minimum absolute atomic E-state index is 0.0670. The van der Waals surface area contributed by atoms with Crippen molar-refractivity contribution in [2.45, 2.75) is 83.3 Å². The molecular formula is C19H28O8. The van der Waals surface area contributed by atoms with Crippen molar-refractivity contribution >= 4 is 11.9 Å². The van der Waals surface area contributed by atoms with Crippen molar-refractivity contribution in [1.82, 2.24) is 0 Å². The van der Waals surface area contributed by atoms with Gasteiger partial charge in [-0.15, -0.1) is 0 Å². The number of rotatable bonds is 4. The van der Waals surface area contributed by atoms with Crippen LogP contribution in [-0.4, -0.2) is 41.0 Å². The Kier molecular flexibility index (Phi) is 4.73. The Labute approximate surface area is 158 Å². The summed E-state index contributed by atoms with van der Waals surface area (Å²) in [5.41, 5.74) is -0.697. The van der Waals surface area contributed by atoms with Crippen molar-refractivity contribution in [2.24, 2.45) is 23.7 Å². The molecule has 5 fully saturated rings. The third-order valence-electron chi connectivity index (χ3n) is 6.89. The normalized spacial score (nSPS) is 48.4. The number of hydrogen-bond donors (Lipinski definition) is 1. The SMILES string of the molecule is C[C@H]1[C@H](OC(=O)CCC(=O)O)OC2O[C@]3(C)CC[C@H]4[C@H](C)CC[C@@H]1C24OO3. The number of carboxylic acids is 1. The maximum Gasteiger partial charge on any atom is 0.308 e. The third kappa shape index (κ3) is 3.06. The van der Waals surface area contributed by atoms with E-state index in [4.69, 9.17) is 29.1 Å². The molecule has 1 spiro atoms. The Morgan fingerprint density at radius 1 is 1.11 bits per heavy atom. The molecule has 5 aliphatic rings. The minimum atomic E-state index is -1.03. The zero-order chi connectivity index (χ0) is 19.4. The lowest BCUT2D eigenvalue weighted by Gasteiger charge is -2.59. The van der Waals surface area contributed by atoms with Crippen LogP contribution in [0.25, 0.3) is 0 Å². The molecule has 27 heavy (non-hydrogen) atoms. The summed E-state index contributed by atoms with van der Waals surface area (Å²) in [6.45, 7) is 6.06. The molecule has 8 heteroatoms. The second kappa shape index (κ2) is 6.69. The second-order valence-corrected chi connectivity index (χ2v) is 8.66. The first-order valence-corrected chi connectivity index (χ1v) is 9.86. The van der Waals surface area contributed by atoms with Gasteiger partial charge >= 0.3 is 11.9 Å². The molecule has 0 radical (unpaired) electrons. The highest BCUT2D eigenvalue weighted by atomic mass is 17.3. The topological polar surface area (TPSA) is 101 Å². The summed E-state index contributed by atoms with van der Waals surface area (Å²) in [6.07, 6.45) is 1.72. The molecule has 4 aliphatic heterocycles. The smallest absolute Gasteiger partial charge is 0.308 e. The zero-order valence-electron chi connectivity index (χ0n) is 16.0. The van der Waals surface area contributed by atoms with Gasteiger partial charge < -0.3 is 19.3 Å². The molecule has 1 aliphatic carbocycles. The van der Waals surface area contributed by atoms with Gasteiger partial charge in [-0.25, -0.2) is 9.78 Å². The number of carbonyl (C=O) groups is 2. The highest BCUT2D eigenvalue weighted by Gasteiger charge is 2.69. The Morgan fingerprint density at radius 2 is 1.89 bits per heavy atom. The van der Waals surface area contributed by atoms with Crippen molar-refractivity contribution in [3.63, 3.8) is 0 Å². The predicted molar refractivity (Wildman–Crippen MR) is 89.8 cm³/mol. The van der Waals surface area contributed by atoms with Crippen LogP contribution >= 0.6 is 0 Å². The third-order valence-corrected chi connectivity index (χ3v) is 6.89. The largest absolute Gasteiger partial charge is 0.481 e. The molecular weight excluding hydrogens is 356 g/mol. The van der Waals surface area contributed by atoms with Gasteiger partial charge in [-0.05, 0) is 38.0 Å². The van der Waals surface area contributed by atoms with E-state index in [1.54, 1.807) is 0 Å². The molecule has 8 atom stereocenters. The van der Waals surface area contributed by atoms with E-state index < -0.39 is 35.9 Å². The molecule has 152 valence electrons. The summed E-state index contributed by atoms with van der Waals surface area (Å²) in [4.78, 5) is 34.5. The molecule has 0 amide bonds. The van der Waals surface area contributed by atoms with E-state index in [1.165, 1.54) is 0 Å². The Hall–Kier alpha value is -1.22. The van der Waals surface area contributed by atoms with Crippen molar-refractivity contribution in [3.8, 4) is 0 Å². The van der Waals surface area contributed by atoms with Crippen molar-refractivity contribution in [3.05, 3.63) is 0 Å². The molecule has 0 aromatic carbocycles. The summed E-state index contributed by atoms with van der Waals surface area (Å²) in [6, 6.07) is 0. The molecule has 0 aromatic heterocycles. The minimum Gasteiger partial charge on any atom is -0.481 e. The van der Waals surface area contributed by atoms with Gasteiger partial charge in [0.1, 0.15) is 0 Å². The highest BCUT2D eigenvalue weighted by molar-refractivity contribution is 5.76. The summed E-state index contributed by atoms with van der Waals surface area (Å²) in [5.74, 6) is -1.82. The first-order valence-electron chi connectivity index (χ1n) is 9.86. The number of aliphatic carboxylic acids is 1. The van der Waals surface area contributed by atoms with Crippen LogP contribution in [0.15, 0.2) is 0 Å². The quantitative estimate of drug-likeness (QED) is 0.583. The van der Waals surface area contributed by atoms with Crippen LogP contribution in [-0.2, 0) is 33.6 Å². The van der Waals surface area contributed by atoms with E-state index in [0.29, 0.717) is 12.3 Å². The molecule has 4 heterocycles. The molecule has 1 saturated carbocycles. The first-order chi connectivity index (χ1) is 12.7. The maximum atomic E-state index is 12.1. The number of carboxylic acid groups (broad SMARTS) is 1. The van der Waals surface area contributed by atoms with Crippen molar-refractivity contribution in [1.29, 1.82) is 0 Å². The second-order valence-electron chi connectivity index (χ2n) is 8.66. The fraction of sp³-hybridized carbons (Fsp3) is 0.895. The van der Waals surface area contributed by atoms with Gasteiger partial charge in [0.2, 0.25) is 12.1 Å². The molecule has 0 aromatic rings. The van der Waals surface area contributed by atoms with Gasteiger partial charge in [0.25, 0.3) is 0 Å². The lowest BCUT2D eigenvalue weighted by atomic mass is 9.58. The molecule has 5 rings (SSSR count). The van der Waals surface area contributed by atoms with Gasteiger partial charge in [-0.1, -0.05) is 13.8 Å². The first kappa shape index (κ1) is 19.1. The van der Waals surface area contributed by atoms with Crippen LogP contribution in [0, 0.1) is 23.7 Å². The standard InChI is InChI=1S/C19H28O8/c1-10-4-5-13-11(2)16(23-15(22)7-6-14(20)21)24-17-19(13)12(10)8-9-18(3,25-17)26-27-19/h10-13,16-17H,4-9H2,1-3H3,(H,20,21)/t10-,11-,12+,13+,16-,17?,18+,19?/m1/s1. The predicted octanol–water partition coefficient (Wildman–Crippen LogP) is 2.60. The Bertz CT molecular complexity index is 623. The van der Waals surface area contributed by atoms with Crippen LogP contribution < -0.4 is 0 Å². The van der Waals surface area contributed by atoms with E-state index in [9.17, 15) is 9.59 Å². The molecule has 2 unspecified atom stereocenters. The summed E-state index contributed by atoms with van der Waals surface area (Å²) in [7, 11) is 0. The maximum absolute atomic E-state index is 12.1. The number of fused-ring (bicyclic) bond motifs is 2. The van der Waals surface area contributed by atoms with Gasteiger partial charge in [-0.2, -0.15) is 0 Å². The fourth-order valence-electron chi connectivity index (χ4n) is 5.40. The van der Waals surface area contributed by atoms with Gasteiger partial charge in [-0.3, -0.25) is 9.59 Å². The Morgan fingerprint density at radius 3 is 2.63 bits per heavy atom. The lowest BCUT2D eigenvalue weighted by molar-refractivity contribution is -0.576. The fourth-order valence-corrected chi connectivity index (χ4v) is 5.40. The van der Waals surface area contributed by atoms with Crippen LogP contribution in [0.5, 0.6) is 0 Å². The molecule has 1 N–H and O–H groups in total. The van der Waals surface area contributed by atoms with Crippen molar-refractivity contribution < 1.29 is 38.7 Å². The van der Waals surface area contributed by atoms with Crippen molar-refractivity contribution in [2.75, 3.05) is 0 Å².